The molecule has 1 unspecified atom stereocenters. The van der Waals surface area contributed by atoms with Crippen LogP contribution in [-0.4, -0.2) is 44.0 Å². The van der Waals surface area contributed by atoms with E-state index in [4.69, 9.17) is 18.9 Å². The topological polar surface area (TPSA) is 97.4 Å². The molecule has 2 rings (SSSR count). The van der Waals surface area contributed by atoms with Crippen LogP contribution in [0.1, 0.15) is 26.3 Å². The van der Waals surface area contributed by atoms with E-state index in [1.165, 1.54) is 47.1 Å². The first-order chi connectivity index (χ1) is 12.6. The third kappa shape index (κ3) is 4.79. The van der Waals surface area contributed by atoms with Crippen molar-refractivity contribution in [1.82, 2.24) is 0 Å². The Morgan fingerprint density at radius 3 is 2.26 bits per heavy atom. The Morgan fingerprint density at radius 2 is 1.74 bits per heavy atom. The van der Waals surface area contributed by atoms with Crippen LogP contribution < -0.4 is 9.47 Å². The summed E-state index contributed by atoms with van der Waals surface area (Å²) in [5.41, 5.74) is 0.196. The average molecular weight is 443 g/mol. The van der Waals surface area contributed by atoms with E-state index in [1.807, 2.05) is 0 Å². The Balaban J connectivity index is 2.38. The molecule has 0 spiro atoms. The van der Waals surface area contributed by atoms with Crippen molar-refractivity contribution in [3.8, 4) is 11.5 Å². The van der Waals surface area contributed by atoms with Gasteiger partial charge in [0.2, 0.25) is 0 Å². The van der Waals surface area contributed by atoms with Crippen molar-refractivity contribution in [1.29, 1.82) is 0 Å². The lowest BCUT2D eigenvalue weighted by Crippen LogP contribution is -2.41. The monoisotopic (exact) mass is 442 g/mol. The molecule has 27 heavy (non-hydrogen) atoms. The van der Waals surface area contributed by atoms with E-state index in [0.717, 1.165) is 0 Å². The number of ether oxygens (including phenoxy) is 5. The normalized spacial score (nSPS) is 16.7. The van der Waals surface area contributed by atoms with Crippen molar-refractivity contribution in [2.24, 2.45) is 0 Å². The molecule has 1 fully saturated rings. The Labute approximate surface area is 164 Å². The molecule has 1 atom stereocenters. The van der Waals surface area contributed by atoms with Crippen molar-refractivity contribution in [3.05, 3.63) is 27.7 Å². The minimum absolute atomic E-state index is 0.256. The van der Waals surface area contributed by atoms with Crippen LogP contribution in [0.5, 0.6) is 11.5 Å². The van der Waals surface area contributed by atoms with Crippen molar-refractivity contribution >= 4 is 39.9 Å². The lowest BCUT2D eigenvalue weighted by atomic mass is 10.1. The maximum atomic E-state index is 12.1. The van der Waals surface area contributed by atoms with Crippen molar-refractivity contribution in [2.45, 2.75) is 32.7 Å². The summed E-state index contributed by atoms with van der Waals surface area (Å²) < 4.78 is 26.1. The minimum Gasteiger partial charge on any atom is -0.493 e. The number of rotatable bonds is 5. The molecule has 9 heteroatoms. The second-order valence-corrected chi connectivity index (χ2v) is 6.90. The first-order valence-electron chi connectivity index (χ1n) is 7.88. The zero-order valence-electron chi connectivity index (χ0n) is 15.5. The number of cyclic esters (lactones) is 2. The molecule has 0 amide bonds. The molecule has 0 radical (unpaired) electrons. The summed E-state index contributed by atoms with van der Waals surface area (Å²) in [6.07, 6.45) is 0.463. The summed E-state index contributed by atoms with van der Waals surface area (Å²) >= 11 is 3.34. The SMILES string of the molecule is COC(=O)C(C)Oc1cc(Br)c(C=C2C(=O)OC(C)(C)OC2=O)cc1OC. The van der Waals surface area contributed by atoms with Gasteiger partial charge in [-0.1, -0.05) is 15.9 Å². The molecule has 8 nitrogen and oxygen atoms in total. The first-order valence-corrected chi connectivity index (χ1v) is 8.67. The number of methoxy groups -OCH3 is 2. The Kier molecular flexibility index (Phi) is 6.15. The number of esters is 3. The second kappa shape index (κ2) is 7.99. The van der Waals surface area contributed by atoms with E-state index in [-0.39, 0.29) is 11.3 Å². The number of halogens is 1. The molecule has 0 saturated carbocycles. The molecule has 1 saturated heterocycles. The highest BCUT2D eigenvalue weighted by atomic mass is 79.9. The van der Waals surface area contributed by atoms with Crippen LogP contribution in [0, 0.1) is 0 Å². The van der Waals surface area contributed by atoms with Crippen LogP contribution in [0.4, 0.5) is 0 Å². The van der Waals surface area contributed by atoms with Gasteiger partial charge in [-0.2, -0.15) is 0 Å². The minimum atomic E-state index is -1.32. The largest absolute Gasteiger partial charge is 0.493 e. The van der Waals surface area contributed by atoms with E-state index in [1.54, 1.807) is 6.07 Å². The van der Waals surface area contributed by atoms with Crippen LogP contribution in [0.15, 0.2) is 22.2 Å². The van der Waals surface area contributed by atoms with E-state index < -0.39 is 29.8 Å². The number of benzene rings is 1. The van der Waals surface area contributed by atoms with Gasteiger partial charge in [-0.25, -0.2) is 14.4 Å². The molecule has 0 bridgehead atoms. The summed E-state index contributed by atoms with van der Waals surface area (Å²) in [5, 5.41) is 0. The number of hydrogen-bond donors (Lipinski definition) is 0. The van der Waals surface area contributed by atoms with Gasteiger partial charge in [0.25, 0.3) is 5.79 Å². The zero-order valence-corrected chi connectivity index (χ0v) is 17.0. The van der Waals surface area contributed by atoms with Gasteiger partial charge in [0.05, 0.1) is 14.2 Å². The Morgan fingerprint density at radius 1 is 1.15 bits per heavy atom. The van der Waals surface area contributed by atoms with Crippen molar-refractivity contribution in [2.75, 3.05) is 14.2 Å². The zero-order chi connectivity index (χ0) is 20.4. The molecule has 1 aliphatic rings. The standard InChI is InChI=1S/C18H19BrO8/c1-9(15(20)24-5)25-14-8-12(19)10(7-13(14)23-4)6-11-16(21)26-18(2,3)27-17(11)22/h6-9H,1-5H3. The van der Waals surface area contributed by atoms with Crippen LogP contribution >= 0.6 is 15.9 Å². The van der Waals surface area contributed by atoms with Crippen LogP contribution in [-0.2, 0) is 28.6 Å². The fraction of sp³-hybridized carbons (Fsp3) is 0.389. The molecular formula is C18H19BrO8. The molecular weight excluding hydrogens is 424 g/mol. The average Bonchev–Trinajstić information content (AvgIpc) is 2.57. The van der Waals surface area contributed by atoms with Crippen LogP contribution in [0.25, 0.3) is 6.08 Å². The molecule has 0 N–H and O–H groups in total. The number of hydrogen-bond acceptors (Lipinski definition) is 8. The van der Waals surface area contributed by atoms with Gasteiger partial charge in [0.1, 0.15) is 5.57 Å². The Bertz CT molecular complexity index is 790. The van der Waals surface area contributed by atoms with E-state index in [9.17, 15) is 14.4 Å². The van der Waals surface area contributed by atoms with E-state index in [2.05, 4.69) is 20.7 Å². The third-order valence-corrected chi connectivity index (χ3v) is 4.22. The molecule has 1 heterocycles. The first kappa shape index (κ1) is 20.8. The fourth-order valence-corrected chi connectivity index (χ4v) is 2.69. The summed E-state index contributed by atoms with van der Waals surface area (Å²) in [6.45, 7) is 4.46. The lowest BCUT2D eigenvalue weighted by molar-refractivity contribution is -0.222. The fourth-order valence-electron chi connectivity index (χ4n) is 2.25. The second-order valence-electron chi connectivity index (χ2n) is 6.04. The molecule has 1 aromatic carbocycles. The quantitative estimate of drug-likeness (QED) is 0.389. The predicted octanol–water partition coefficient (Wildman–Crippen LogP) is 2.62. The highest BCUT2D eigenvalue weighted by molar-refractivity contribution is 9.10. The molecule has 1 aromatic rings. The molecule has 0 aliphatic carbocycles. The van der Waals surface area contributed by atoms with Crippen molar-refractivity contribution in [3.63, 3.8) is 0 Å². The maximum Gasteiger partial charge on any atom is 0.348 e. The molecule has 1 aliphatic heterocycles. The summed E-state index contributed by atoms with van der Waals surface area (Å²) in [6, 6.07) is 3.09. The van der Waals surface area contributed by atoms with E-state index in [0.29, 0.717) is 15.8 Å². The molecule has 0 aromatic heterocycles. The summed E-state index contributed by atoms with van der Waals surface area (Å²) in [7, 11) is 2.68. The van der Waals surface area contributed by atoms with Gasteiger partial charge in [-0.3, -0.25) is 0 Å². The molecule has 146 valence electrons. The highest BCUT2D eigenvalue weighted by Crippen LogP contribution is 2.36. The van der Waals surface area contributed by atoms with Gasteiger partial charge in [-0.05, 0) is 30.7 Å². The van der Waals surface area contributed by atoms with Gasteiger partial charge >= 0.3 is 17.9 Å². The lowest BCUT2D eigenvalue weighted by Gasteiger charge is -2.29. The van der Waals surface area contributed by atoms with Crippen molar-refractivity contribution < 1.29 is 38.1 Å². The van der Waals surface area contributed by atoms with Gasteiger partial charge in [0.15, 0.2) is 17.6 Å². The van der Waals surface area contributed by atoms with Crippen LogP contribution in [0.2, 0.25) is 0 Å². The predicted molar refractivity (Wildman–Crippen MR) is 97.0 cm³/mol. The van der Waals surface area contributed by atoms with Gasteiger partial charge < -0.3 is 23.7 Å². The third-order valence-electron chi connectivity index (χ3n) is 3.54. The Hall–Kier alpha value is -2.55. The highest BCUT2D eigenvalue weighted by Gasteiger charge is 2.39. The summed E-state index contributed by atoms with van der Waals surface area (Å²) in [4.78, 5) is 35.7. The maximum absolute atomic E-state index is 12.1. The van der Waals surface area contributed by atoms with Crippen LogP contribution in [0.3, 0.4) is 0 Å². The number of carbonyl (C=O) groups excluding carboxylic acids is 3. The van der Waals surface area contributed by atoms with Gasteiger partial charge in [0, 0.05) is 18.3 Å². The smallest absolute Gasteiger partial charge is 0.348 e. The van der Waals surface area contributed by atoms with Gasteiger partial charge in [-0.15, -0.1) is 0 Å². The number of carbonyl (C=O) groups is 3. The summed E-state index contributed by atoms with van der Waals surface area (Å²) in [5.74, 6) is -2.88. The van der Waals surface area contributed by atoms with E-state index >= 15 is 0 Å².